The van der Waals surface area contributed by atoms with Crippen LogP contribution in [-0.2, 0) is 6.54 Å². The van der Waals surface area contributed by atoms with Gasteiger partial charge in [0.25, 0.3) is 0 Å². The minimum absolute atomic E-state index is 0.555. The van der Waals surface area contributed by atoms with E-state index in [4.69, 9.17) is 5.73 Å². The lowest BCUT2D eigenvalue weighted by atomic mass is 10.1. The molecule has 0 spiro atoms. The van der Waals surface area contributed by atoms with E-state index < -0.39 is 0 Å². The maximum atomic E-state index is 5.65. The molecule has 18 heavy (non-hydrogen) atoms. The van der Waals surface area contributed by atoms with Crippen molar-refractivity contribution in [2.75, 3.05) is 0 Å². The Balaban J connectivity index is 1.97. The summed E-state index contributed by atoms with van der Waals surface area (Å²) in [6.07, 6.45) is 1.85. The van der Waals surface area contributed by atoms with Crippen LogP contribution in [0.5, 0.6) is 0 Å². The quantitative estimate of drug-likeness (QED) is 0.795. The third kappa shape index (κ3) is 2.20. The molecule has 0 fully saturated rings. The summed E-state index contributed by atoms with van der Waals surface area (Å²) in [7, 11) is 0. The number of benzene rings is 1. The van der Waals surface area contributed by atoms with Crippen molar-refractivity contribution >= 4 is 22.7 Å². The topological polar surface area (TPSA) is 51.8 Å². The second-order valence-electron chi connectivity index (χ2n) is 3.81. The maximum Gasteiger partial charge on any atom is 0.135 e. The van der Waals surface area contributed by atoms with E-state index in [9.17, 15) is 0 Å². The Morgan fingerprint density at radius 1 is 1.22 bits per heavy atom. The first-order valence-electron chi connectivity index (χ1n) is 5.50. The zero-order valence-corrected chi connectivity index (χ0v) is 11.2. The normalized spacial score (nSPS) is 10.7. The summed E-state index contributed by atoms with van der Waals surface area (Å²) in [6, 6.07) is 8.19. The number of hydrogen-bond acceptors (Lipinski definition) is 5. The summed E-state index contributed by atoms with van der Waals surface area (Å²) in [5.41, 5.74) is 10.7. The summed E-state index contributed by atoms with van der Waals surface area (Å²) < 4.78 is 0. The summed E-state index contributed by atoms with van der Waals surface area (Å²) in [4.78, 5) is 9.84. The lowest BCUT2D eigenvalue weighted by molar-refractivity contribution is 1.07. The van der Waals surface area contributed by atoms with E-state index >= 15 is 0 Å². The van der Waals surface area contributed by atoms with Crippen LogP contribution in [0.3, 0.4) is 0 Å². The number of nitrogens with two attached hydrogens (primary N) is 1. The Kier molecular flexibility index (Phi) is 3.19. The molecular weight excluding hydrogens is 262 g/mol. The Morgan fingerprint density at radius 3 is 2.94 bits per heavy atom. The van der Waals surface area contributed by atoms with Crippen LogP contribution in [0.1, 0.15) is 5.56 Å². The molecule has 0 atom stereocenters. The van der Waals surface area contributed by atoms with Gasteiger partial charge in [0.15, 0.2) is 0 Å². The van der Waals surface area contributed by atoms with E-state index in [2.05, 4.69) is 27.5 Å². The van der Waals surface area contributed by atoms with E-state index in [1.807, 2.05) is 23.8 Å². The molecular formula is C13H11N3S2. The highest BCUT2D eigenvalue weighted by atomic mass is 32.1. The van der Waals surface area contributed by atoms with Gasteiger partial charge in [-0.25, -0.2) is 4.98 Å². The third-order valence-electron chi connectivity index (χ3n) is 2.61. The number of aromatic nitrogens is 2. The predicted octanol–water partition coefficient (Wildman–Crippen LogP) is 3.39. The number of rotatable bonds is 3. The van der Waals surface area contributed by atoms with E-state index in [0.29, 0.717) is 6.54 Å². The van der Waals surface area contributed by atoms with Gasteiger partial charge in [-0.3, -0.25) is 4.98 Å². The molecule has 0 aliphatic carbocycles. The minimum Gasteiger partial charge on any atom is -0.326 e. The van der Waals surface area contributed by atoms with Crippen LogP contribution in [0.4, 0.5) is 0 Å². The lowest BCUT2D eigenvalue weighted by Gasteiger charge is -2.00. The molecule has 0 aliphatic rings. The van der Waals surface area contributed by atoms with Crippen molar-refractivity contribution in [3.8, 4) is 21.1 Å². The first-order valence-corrected chi connectivity index (χ1v) is 7.26. The van der Waals surface area contributed by atoms with Gasteiger partial charge in [0.1, 0.15) is 5.01 Å². The average Bonchev–Trinajstić information content (AvgIpc) is 3.09. The zero-order chi connectivity index (χ0) is 12.4. The number of nitrogens with zero attached hydrogens (tertiary/aromatic N) is 2. The molecule has 2 aromatic heterocycles. The molecule has 0 amide bonds. The fourth-order valence-corrected chi connectivity index (χ4v) is 3.22. The first kappa shape index (κ1) is 11.5. The highest BCUT2D eigenvalue weighted by Crippen LogP contribution is 2.30. The summed E-state index contributed by atoms with van der Waals surface area (Å²) >= 11 is 3.25. The molecule has 5 heteroatoms. The zero-order valence-electron chi connectivity index (χ0n) is 9.54. The molecule has 3 aromatic rings. The van der Waals surface area contributed by atoms with Crippen LogP contribution in [0.2, 0.25) is 0 Å². The van der Waals surface area contributed by atoms with E-state index in [0.717, 1.165) is 26.7 Å². The van der Waals surface area contributed by atoms with Crippen molar-refractivity contribution in [2.45, 2.75) is 6.54 Å². The number of hydrogen-bond donors (Lipinski definition) is 1. The van der Waals surface area contributed by atoms with Crippen molar-refractivity contribution in [3.63, 3.8) is 0 Å². The fourth-order valence-electron chi connectivity index (χ4n) is 1.70. The summed E-state index contributed by atoms with van der Waals surface area (Å²) in [6.45, 7) is 0.555. The van der Waals surface area contributed by atoms with E-state index in [1.54, 1.807) is 22.7 Å². The third-order valence-corrected chi connectivity index (χ3v) is 4.39. The molecule has 90 valence electrons. The molecule has 0 aliphatic heterocycles. The highest BCUT2D eigenvalue weighted by Gasteiger charge is 2.07. The molecule has 3 nitrogen and oxygen atoms in total. The summed E-state index contributed by atoms with van der Waals surface area (Å²) in [5.74, 6) is 0. The molecule has 0 unspecified atom stereocenters. The summed E-state index contributed by atoms with van der Waals surface area (Å²) in [5, 5.41) is 3.09. The highest BCUT2D eigenvalue weighted by molar-refractivity contribution is 7.20. The fraction of sp³-hybridized carbons (Fsp3) is 0.0769. The maximum absolute atomic E-state index is 5.65. The molecule has 0 radical (unpaired) electrons. The van der Waals surface area contributed by atoms with Gasteiger partial charge >= 0.3 is 0 Å². The second-order valence-corrected chi connectivity index (χ2v) is 5.55. The average molecular weight is 273 g/mol. The molecule has 1 aromatic carbocycles. The van der Waals surface area contributed by atoms with E-state index in [-0.39, 0.29) is 0 Å². The van der Waals surface area contributed by atoms with Gasteiger partial charge in [0, 0.05) is 23.7 Å². The van der Waals surface area contributed by atoms with Crippen LogP contribution in [0.25, 0.3) is 21.1 Å². The smallest absolute Gasteiger partial charge is 0.135 e. The van der Waals surface area contributed by atoms with Gasteiger partial charge in [0.2, 0.25) is 0 Å². The van der Waals surface area contributed by atoms with Gasteiger partial charge < -0.3 is 5.73 Å². The van der Waals surface area contributed by atoms with Gasteiger partial charge in [0.05, 0.1) is 16.1 Å². The van der Waals surface area contributed by atoms with Crippen molar-refractivity contribution < 1.29 is 0 Å². The minimum atomic E-state index is 0.555. The molecule has 0 saturated carbocycles. The lowest BCUT2D eigenvalue weighted by Crippen LogP contribution is -1.95. The van der Waals surface area contributed by atoms with Crippen molar-refractivity contribution in [1.29, 1.82) is 0 Å². The van der Waals surface area contributed by atoms with Gasteiger partial charge in [-0.1, -0.05) is 18.2 Å². The second kappa shape index (κ2) is 4.97. The van der Waals surface area contributed by atoms with Gasteiger partial charge in [-0.2, -0.15) is 0 Å². The van der Waals surface area contributed by atoms with Crippen LogP contribution >= 0.6 is 22.7 Å². The van der Waals surface area contributed by atoms with Crippen LogP contribution in [-0.4, -0.2) is 9.97 Å². The van der Waals surface area contributed by atoms with Crippen LogP contribution < -0.4 is 5.73 Å². The van der Waals surface area contributed by atoms with Gasteiger partial charge in [-0.05, 0) is 11.6 Å². The Bertz CT molecular complexity index is 644. The Morgan fingerprint density at radius 2 is 2.17 bits per heavy atom. The molecule has 2 heterocycles. The Labute approximate surface area is 113 Å². The first-order chi connectivity index (χ1) is 8.86. The van der Waals surface area contributed by atoms with E-state index in [1.165, 1.54) is 0 Å². The molecule has 0 saturated heterocycles. The standard InChI is InChI=1S/C13H11N3S2/c14-5-9-2-1-3-10(4-9)11-7-17-13(16-11)12-6-15-8-18-12/h1-4,6-8H,5,14H2. The molecule has 0 bridgehead atoms. The molecule has 2 N–H and O–H groups in total. The van der Waals surface area contributed by atoms with Crippen LogP contribution in [0, 0.1) is 0 Å². The SMILES string of the molecule is NCc1cccc(-c2csc(-c3cncs3)n2)c1. The predicted molar refractivity (Wildman–Crippen MR) is 76.5 cm³/mol. The van der Waals surface area contributed by atoms with Gasteiger partial charge in [-0.15, -0.1) is 22.7 Å². The Hall–Kier alpha value is -1.56. The van der Waals surface area contributed by atoms with Crippen molar-refractivity contribution in [2.24, 2.45) is 5.73 Å². The number of thiazole rings is 2. The largest absolute Gasteiger partial charge is 0.326 e. The van der Waals surface area contributed by atoms with Crippen molar-refractivity contribution in [3.05, 3.63) is 46.9 Å². The van der Waals surface area contributed by atoms with Crippen LogP contribution in [0.15, 0.2) is 41.4 Å². The monoisotopic (exact) mass is 273 g/mol. The molecule has 3 rings (SSSR count). The van der Waals surface area contributed by atoms with Crippen molar-refractivity contribution in [1.82, 2.24) is 9.97 Å².